The van der Waals surface area contributed by atoms with Crippen LogP contribution in [0.2, 0.25) is 0 Å². The molecular formula is C14H18BrFN2. The smallest absolute Gasteiger partial charge is 0.128 e. The fraction of sp³-hybridized carbons (Fsp3) is 0.571. The normalized spacial score (nSPS) is 22.3. The molecule has 0 unspecified atom stereocenters. The molecule has 1 heterocycles. The van der Waals surface area contributed by atoms with Crippen molar-refractivity contribution < 1.29 is 4.39 Å². The highest BCUT2D eigenvalue weighted by molar-refractivity contribution is 9.10. The first kappa shape index (κ1) is 12.6. The van der Waals surface area contributed by atoms with Crippen molar-refractivity contribution in [3.05, 3.63) is 34.1 Å². The molecule has 0 radical (unpaired) electrons. The van der Waals surface area contributed by atoms with Crippen LogP contribution in [0.25, 0.3) is 0 Å². The third-order valence-electron chi connectivity index (χ3n) is 3.88. The Labute approximate surface area is 116 Å². The van der Waals surface area contributed by atoms with Crippen LogP contribution in [0.5, 0.6) is 0 Å². The van der Waals surface area contributed by atoms with E-state index in [0.29, 0.717) is 0 Å². The zero-order valence-corrected chi connectivity index (χ0v) is 12.0. The van der Waals surface area contributed by atoms with E-state index in [0.717, 1.165) is 48.8 Å². The zero-order valence-electron chi connectivity index (χ0n) is 10.4. The summed E-state index contributed by atoms with van der Waals surface area (Å²) in [5, 5.41) is 0. The van der Waals surface area contributed by atoms with Crippen molar-refractivity contribution in [3.63, 3.8) is 0 Å². The van der Waals surface area contributed by atoms with Crippen LogP contribution in [0.3, 0.4) is 0 Å². The summed E-state index contributed by atoms with van der Waals surface area (Å²) in [6.07, 6.45) is 2.75. The molecule has 1 saturated carbocycles. The van der Waals surface area contributed by atoms with Gasteiger partial charge < -0.3 is 0 Å². The van der Waals surface area contributed by atoms with Gasteiger partial charge in [-0.25, -0.2) is 4.39 Å². The van der Waals surface area contributed by atoms with E-state index in [2.05, 4.69) is 25.7 Å². The largest absolute Gasteiger partial charge is 0.298 e. The lowest BCUT2D eigenvalue weighted by atomic mass is 10.2. The van der Waals surface area contributed by atoms with Crippen LogP contribution in [0.15, 0.2) is 22.7 Å². The summed E-state index contributed by atoms with van der Waals surface area (Å²) in [4.78, 5) is 4.93. The van der Waals surface area contributed by atoms with Gasteiger partial charge in [-0.1, -0.05) is 22.0 Å². The van der Waals surface area contributed by atoms with Gasteiger partial charge >= 0.3 is 0 Å². The monoisotopic (exact) mass is 312 g/mol. The highest BCUT2D eigenvalue weighted by atomic mass is 79.9. The van der Waals surface area contributed by atoms with Crippen LogP contribution >= 0.6 is 15.9 Å². The lowest BCUT2D eigenvalue weighted by Gasteiger charge is -2.34. The summed E-state index contributed by atoms with van der Waals surface area (Å²) >= 11 is 3.29. The van der Waals surface area contributed by atoms with Crippen LogP contribution in [-0.4, -0.2) is 42.0 Å². The van der Waals surface area contributed by atoms with E-state index in [1.807, 2.05) is 12.1 Å². The third-order valence-corrected chi connectivity index (χ3v) is 4.37. The molecule has 3 rings (SSSR count). The number of benzene rings is 1. The second-order valence-corrected chi connectivity index (χ2v) is 6.19. The van der Waals surface area contributed by atoms with Gasteiger partial charge in [0.05, 0.1) is 0 Å². The fourth-order valence-electron chi connectivity index (χ4n) is 2.62. The van der Waals surface area contributed by atoms with Crippen molar-refractivity contribution in [2.75, 3.05) is 26.2 Å². The lowest BCUT2D eigenvalue weighted by Crippen LogP contribution is -2.46. The fourth-order valence-corrected chi connectivity index (χ4v) is 2.95. The van der Waals surface area contributed by atoms with E-state index in [4.69, 9.17) is 0 Å². The van der Waals surface area contributed by atoms with E-state index in [-0.39, 0.29) is 5.82 Å². The summed E-state index contributed by atoms with van der Waals surface area (Å²) < 4.78 is 14.6. The van der Waals surface area contributed by atoms with Crippen molar-refractivity contribution in [1.29, 1.82) is 0 Å². The maximum Gasteiger partial charge on any atom is 0.128 e. The van der Waals surface area contributed by atoms with Crippen molar-refractivity contribution in [1.82, 2.24) is 9.80 Å². The predicted molar refractivity (Wildman–Crippen MR) is 74.0 cm³/mol. The molecule has 2 nitrogen and oxygen atoms in total. The molecule has 0 spiro atoms. The minimum atomic E-state index is -0.103. The lowest BCUT2D eigenvalue weighted by molar-refractivity contribution is 0.120. The molecule has 1 aliphatic heterocycles. The highest BCUT2D eigenvalue weighted by Gasteiger charge is 2.31. The Balaban J connectivity index is 1.56. The van der Waals surface area contributed by atoms with Gasteiger partial charge in [0.2, 0.25) is 0 Å². The Bertz CT molecular complexity index is 426. The standard InChI is InChI=1S/C14H18BrFN2/c15-12-2-1-11(14(16)9-12)10-17-5-7-18(8-6-17)13-3-4-13/h1-2,9,13H,3-8,10H2. The predicted octanol–water partition coefficient (Wildman–Crippen LogP) is 2.87. The molecule has 1 aromatic rings. The number of hydrogen-bond donors (Lipinski definition) is 0. The Kier molecular flexibility index (Phi) is 3.68. The van der Waals surface area contributed by atoms with E-state index in [1.165, 1.54) is 12.8 Å². The first-order valence-corrected chi connectivity index (χ1v) is 7.42. The Morgan fingerprint density at radius 3 is 2.50 bits per heavy atom. The molecule has 2 fully saturated rings. The molecule has 0 N–H and O–H groups in total. The van der Waals surface area contributed by atoms with Gasteiger partial charge in [-0.15, -0.1) is 0 Å². The molecular weight excluding hydrogens is 295 g/mol. The molecule has 18 heavy (non-hydrogen) atoms. The summed E-state index contributed by atoms with van der Waals surface area (Å²) in [5.74, 6) is -0.103. The van der Waals surface area contributed by atoms with E-state index in [9.17, 15) is 4.39 Å². The number of nitrogens with zero attached hydrogens (tertiary/aromatic N) is 2. The van der Waals surface area contributed by atoms with Gasteiger partial charge in [0.1, 0.15) is 5.82 Å². The molecule has 0 atom stereocenters. The summed E-state index contributed by atoms with van der Waals surface area (Å²) in [6.45, 7) is 5.14. The van der Waals surface area contributed by atoms with Crippen LogP contribution in [-0.2, 0) is 6.54 Å². The molecule has 1 aliphatic carbocycles. The third kappa shape index (κ3) is 2.92. The van der Waals surface area contributed by atoms with Crippen molar-refractivity contribution in [3.8, 4) is 0 Å². The Morgan fingerprint density at radius 2 is 1.89 bits per heavy atom. The molecule has 0 aromatic heterocycles. The Morgan fingerprint density at radius 1 is 1.17 bits per heavy atom. The van der Waals surface area contributed by atoms with Crippen molar-refractivity contribution in [2.24, 2.45) is 0 Å². The first-order valence-electron chi connectivity index (χ1n) is 6.63. The topological polar surface area (TPSA) is 6.48 Å². The van der Waals surface area contributed by atoms with Crippen molar-refractivity contribution >= 4 is 15.9 Å². The number of halogens is 2. The van der Waals surface area contributed by atoms with E-state index < -0.39 is 0 Å². The zero-order chi connectivity index (χ0) is 12.5. The van der Waals surface area contributed by atoms with Crippen LogP contribution < -0.4 is 0 Å². The maximum absolute atomic E-state index is 13.8. The van der Waals surface area contributed by atoms with Gasteiger partial charge in [0, 0.05) is 48.8 Å². The molecule has 98 valence electrons. The maximum atomic E-state index is 13.8. The molecule has 1 aromatic carbocycles. The molecule has 1 saturated heterocycles. The minimum Gasteiger partial charge on any atom is -0.298 e. The summed E-state index contributed by atoms with van der Waals surface area (Å²) in [6, 6.07) is 6.21. The SMILES string of the molecule is Fc1cc(Br)ccc1CN1CCN(C2CC2)CC1. The number of rotatable bonds is 3. The quantitative estimate of drug-likeness (QED) is 0.847. The van der Waals surface area contributed by atoms with Crippen LogP contribution in [0, 0.1) is 5.82 Å². The van der Waals surface area contributed by atoms with Gasteiger partial charge in [-0.05, 0) is 25.0 Å². The summed E-state index contributed by atoms with van der Waals surface area (Å²) in [7, 11) is 0. The van der Waals surface area contributed by atoms with Crippen LogP contribution in [0.4, 0.5) is 4.39 Å². The molecule has 2 aliphatic rings. The van der Waals surface area contributed by atoms with E-state index >= 15 is 0 Å². The van der Waals surface area contributed by atoms with Gasteiger partial charge in [0.15, 0.2) is 0 Å². The number of piperazine rings is 1. The summed E-state index contributed by atoms with van der Waals surface area (Å²) in [5.41, 5.74) is 0.804. The highest BCUT2D eigenvalue weighted by Crippen LogP contribution is 2.27. The van der Waals surface area contributed by atoms with Gasteiger partial charge in [-0.2, -0.15) is 0 Å². The number of hydrogen-bond acceptors (Lipinski definition) is 2. The van der Waals surface area contributed by atoms with Crippen LogP contribution in [0.1, 0.15) is 18.4 Å². The second kappa shape index (κ2) is 5.27. The molecule has 0 bridgehead atoms. The minimum absolute atomic E-state index is 0.103. The molecule has 4 heteroatoms. The van der Waals surface area contributed by atoms with Gasteiger partial charge in [-0.3, -0.25) is 9.80 Å². The van der Waals surface area contributed by atoms with Gasteiger partial charge in [0.25, 0.3) is 0 Å². The van der Waals surface area contributed by atoms with Crippen molar-refractivity contribution in [2.45, 2.75) is 25.4 Å². The second-order valence-electron chi connectivity index (χ2n) is 5.28. The molecule has 0 amide bonds. The Hall–Kier alpha value is -0.450. The average Bonchev–Trinajstić information content (AvgIpc) is 3.18. The van der Waals surface area contributed by atoms with E-state index in [1.54, 1.807) is 6.07 Å². The average molecular weight is 313 g/mol. The first-order chi connectivity index (χ1) is 8.72.